The van der Waals surface area contributed by atoms with Gasteiger partial charge in [0.05, 0.1) is 6.54 Å². The van der Waals surface area contributed by atoms with Gasteiger partial charge in [0, 0.05) is 48.8 Å². The Morgan fingerprint density at radius 2 is 1.93 bits per heavy atom. The zero-order valence-electron chi connectivity index (χ0n) is 17.8. The number of likely N-dealkylation sites (N-methyl/N-ethyl adjacent to an activating group) is 1. The van der Waals surface area contributed by atoms with Crippen LogP contribution in [0.1, 0.15) is 43.7 Å². The van der Waals surface area contributed by atoms with Crippen LogP contribution in [0.3, 0.4) is 0 Å². The van der Waals surface area contributed by atoms with Gasteiger partial charge in [-0.1, -0.05) is 24.4 Å². The van der Waals surface area contributed by atoms with Crippen LogP contribution in [0.4, 0.5) is 5.69 Å². The predicted molar refractivity (Wildman–Crippen MR) is 117 cm³/mol. The lowest BCUT2D eigenvalue weighted by Crippen LogP contribution is -2.54. The molecule has 7 heteroatoms. The summed E-state index contributed by atoms with van der Waals surface area (Å²) in [4.78, 5) is 29.2. The fraction of sp³-hybridized carbons (Fsp3) is 0.636. The highest BCUT2D eigenvalue weighted by Gasteiger charge is 2.33. The van der Waals surface area contributed by atoms with E-state index in [0.717, 1.165) is 55.8 Å². The van der Waals surface area contributed by atoms with E-state index in [0.29, 0.717) is 10.9 Å². The van der Waals surface area contributed by atoms with Crippen LogP contribution in [0.5, 0.6) is 0 Å². The largest absolute Gasteiger partial charge is 0.337 e. The Hall–Kier alpha value is -1.63. The van der Waals surface area contributed by atoms with Gasteiger partial charge < -0.3 is 15.5 Å². The van der Waals surface area contributed by atoms with Gasteiger partial charge >= 0.3 is 0 Å². The molecule has 3 rings (SSSR count). The zero-order chi connectivity index (χ0) is 21.0. The van der Waals surface area contributed by atoms with Crippen LogP contribution in [-0.4, -0.2) is 60.9 Å². The summed E-state index contributed by atoms with van der Waals surface area (Å²) in [7, 11) is 1.74. The number of hydrogen-bond acceptors (Lipinski definition) is 4. The monoisotopic (exact) mass is 420 g/mol. The van der Waals surface area contributed by atoms with Crippen LogP contribution in [0.2, 0.25) is 5.02 Å². The number of halogens is 1. The van der Waals surface area contributed by atoms with Gasteiger partial charge in [-0.2, -0.15) is 0 Å². The Morgan fingerprint density at radius 3 is 2.59 bits per heavy atom. The van der Waals surface area contributed by atoms with Crippen molar-refractivity contribution in [2.45, 2.75) is 52.1 Å². The molecule has 1 atom stereocenters. The lowest BCUT2D eigenvalue weighted by atomic mass is 10.0. The smallest absolute Gasteiger partial charge is 0.238 e. The Morgan fingerprint density at radius 1 is 1.21 bits per heavy atom. The average Bonchev–Trinajstić information content (AvgIpc) is 3.20. The number of nitrogens with one attached hydrogen (secondary N) is 2. The van der Waals surface area contributed by atoms with Gasteiger partial charge in [-0.05, 0) is 57.0 Å². The second kappa shape index (κ2) is 9.92. The van der Waals surface area contributed by atoms with Gasteiger partial charge in [0.1, 0.15) is 0 Å². The van der Waals surface area contributed by atoms with Crippen molar-refractivity contribution in [3.63, 3.8) is 0 Å². The lowest BCUT2D eigenvalue weighted by Gasteiger charge is -2.41. The van der Waals surface area contributed by atoms with E-state index >= 15 is 0 Å². The second-order valence-corrected chi connectivity index (χ2v) is 8.85. The number of piperazine rings is 1. The highest BCUT2D eigenvalue weighted by molar-refractivity contribution is 6.31. The van der Waals surface area contributed by atoms with Crippen LogP contribution >= 0.6 is 11.6 Å². The molecule has 29 heavy (non-hydrogen) atoms. The molecule has 2 amide bonds. The quantitative estimate of drug-likeness (QED) is 0.742. The molecule has 1 aliphatic carbocycles. The van der Waals surface area contributed by atoms with Crippen LogP contribution in [0.15, 0.2) is 12.1 Å². The summed E-state index contributed by atoms with van der Waals surface area (Å²) in [5.41, 5.74) is 2.91. The summed E-state index contributed by atoms with van der Waals surface area (Å²) in [5.74, 6) is 0.502. The summed E-state index contributed by atoms with van der Waals surface area (Å²) in [6, 6.07) is 3.99. The molecule has 1 aromatic rings. The molecular weight excluding hydrogens is 388 g/mol. The molecule has 0 aromatic heterocycles. The van der Waals surface area contributed by atoms with Crippen LogP contribution in [0.25, 0.3) is 0 Å². The lowest BCUT2D eigenvalue weighted by molar-refractivity contribution is -0.140. The van der Waals surface area contributed by atoms with Gasteiger partial charge in [0.2, 0.25) is 11.8 Å². The average molecular weight is 421 g/mol. The topological polar surface area (TPSA) is 64.7 Å². The number of rotatable bonds is 6. The Kier molecular flexibility index (Phi) is 7.55. The van der Waals surface area contributed by atoms with Gasteiger partial charge in [0.15, 0.2) is 0 Å². The molecule has 0 bridgehead atoms. The normalized spacial score (nSPS) is 20.8. The maximum Gasteiger partial charge on any atom is 0.238 e. The first-order chi connectivity index (χ1) is 13.9. The molecule has 1 aliphatic heterocycles. The SMILES string of the molecule is CNCC(=O)Nc1cc(Cl)cc(CN2CCN(C(=O)C3CCCC3)[C@@H](C)C2)c1C. The fourth-order valence-electron chi connectivity index (χ4n) is 4.54. The minimum Gasteiger partial charge on any atom is -0.337 e. The highest BCUT2D eigenvalue weighted by Crippen LogP contribution is 2.29. The van der Waals surface area contributed by atoms with Gasteiger partial charge in [-0.25, -0.2) is 0 Å². The number of anilines is 1. The summed E-state index contributed by atoms with van der Waals surface area (Å²) >= 11 is 6.33. The first-order valence-electron chi connectivity index (χ1n) is 10.7. The van der Waals surface area contributed by atoms with Crippen molar-refractivity contribution in [3.8, 4) is 0 Å². The van der Waals surface area contributed by atoms with E-state index in [4.69, 9.17) is 11.6 Å². The summed E-state index contributed by atoms with van der Waals surface area (Å²) in [6.07, 6.45) is 4.48. The van der Waals surface area contributed by atoms with E-state index in [-0.39, 0.29) is 24.4 Å². The molecule has 6 nitrogen and oxygen atoms in total. The molecule has 0 radical (unpaired) electrons. The van der Waals surface area contributed by atoms with Crippen LogP contribution in [-0.2, 0) is 16.1 Å². The molecular formula is C22H33ClN4O2. The number of amides is 2. The number of carbonyl (C=O) groups is 2. The zero-order valence-corrected chi connectivity index (χ0v) is 18.5. The molecule has 0 unspecified atom stereocenters. The predicted octanol–water partition coefficient (Wildman–Crippen LogP) is 3.03. The Bertz CT molecular complexity index is 749. The number of benzene rings is 1. The summed E-state index contributed by atoms with van der Waals surface area (Å²) in [5, 5.41) is 6.41. The van der Waals surface area contributed by atoms with Crippen molar-refractivity contribution in [1.29, 1.82) is 0 Å². The van der Waals surface area contributed by atoms with Gasteiger partial charge in [-0.3, -0.25) is 14.5 Å². The summed E-state index contributed by atoms with van der Waals surface area (Å²) < 4.78 is 0. The number of carbonyl (C=O) groups excluding carboxylic acids is 2. The van der Waals surface area contributed by atoms with E-state index in [1.165, 1.54) is 12.8 Å². The standard InChI is InChI=1S/C22H33ClN4O2/c1-15-13-26(8-9-27(15)22(29)17-6-4-5-7-17)14-18-10-19(23)11-20(16(18)2)25-21(28)12-24-3/h10-11,15,17,24H,4-9,12-14H2,1-3H3,(H,25,28)/t15-/m0/s1. The molecule has 160 valence electrons. The van der Waals surface area contributed by atoms with Crippen molar-refractivity contribution < 1.29 is 9.59 Å². The molecule has 2 N–H and O–H groups in total. The molecule has 0 spiro atoms. The minimum absolute atomic E-state index is 0.0866. The van der Waals surface area contributed by atoms with Crippen LogP contribution < -0.4 is 10.6 Å². The fourth-order valence-corrected chi connectivity index (χ4v) is 4.78. The second-order valence-electron chi connectivity index (χ2n) is 8.41. The Labute approximate surface area is 179 Å². The van der Waals surface area contributed by atoms with E-state index in [2.05, 4.69) is 27.4 Å². The third-order valence-corrected chi connectivity index (χ3v) is 6.40. The van der Waals surface area contributed by atoms with E-state index in [1.54, 1.807) is 13.1 Å². The van der Waals surface area contributed by atoms with Crippen LogP contribution in [0, 0.1) is 12.8 Å². The van der Waals surface area contributed by atoms with Gasteiger partial charge in [-0.15, -0.1) is 0 Å². The van der Waals surface area contributed by atoms with E-state index in [9.17, 15) is 9.59 Å². The van der Waals surface area contributed by atoms with Crippen molar-refractivity contribution in [1.82, 2.24) is 15.1 Å². The first kappa shape index (κ1) is 22.1. The molecule has 2 fully saturated rings. The molecule has 1 aromatic carbocycles. The molecule has 2 aliphatic rings. The molecule has 1 heterocycles. The maximum absolute atomic E-state index is 12.8. The number of nitrogens with zero attached hydrogens (tertiary/aromatic N) is 2. The third-order valence-electron chi connectivity index (χ3n) is 6.18. The first-order valence-corrected chi connectivity index (χ1v) is 11.0. The van der Waals surface area contributed by atoms with Crippen molar-refractivity contribution >= 4 is 29.1 Å². The third kappa shape index (κ3) is 5.50. The maximum atomic E-state index is 12.8. The molecule has 1 saturated carbocycles. The molecule has 1 saturated heterocycles. The summed E-state index contributed by atoms with van der Waals surface area (Å²) in [6.45, 7) is 7.67. The Balaban J connectivity index is 1.64. The van der Waals surface area contributed by atoms with E-state index < -0.39 is 0 Å². The highest BCUT2D eigenvalue weighted by atomic mass is 35.5. The van der Waals surface area contributed by atoms with E-state index in [1.807, 2.05) is 13.0 Å². The van der Waals surface area contributed by atoms with Crippen molar-refractivity contribution in [2.75, 3.05) is 38.5 Å². The minimum atomic E-state index is -0.0866. The van der Waals surface area contributed by atoms with Gasteiger partial charge in [0.25, 0.3) is 0 Å². The van der Waals surface area contributed by atoms with Crippen molar-refractivity contribution in [3.05, 3.63) is 28.3 Å². The van der Waals surface area contributed by atoms with Crippen molar-refractivity contribution in [2.24, 2.45) is 5.92 Å². The number of hydrogen-bond donors (Lipinski definition) is 2.